The van der Waals surface area contributed by atoms with Gasteiger partial charge in [-0.2, -0.15) is 0 Å². The number of hydrogen-bond acceptors (Lipinski definition) is 3. The first kappa shape index (κ1) is 26.6. The molecule has 0 bridgehead atoms. The molecule has 7 rings (SSSR count). The number of carbonyl (C=O) groups is 3. The maximum absolute atomic E-state index is 14.3. The number of aromatic nitrogens is 1. The van der Waals surface area contributed by atoms with Gasteiger partial charge in [-0.3, -0.25) is 14.5 Å². The molecule has 7 nitrogen and oxygen atoms in total. The van der Waals surface area contributed by atoms with Gasteiger partial charge in [-0.15, -0.1) is 0 Å². The van der Waals surface area contributed by atoms with Crippen LogP contribution in [0.2, 0.25) is 0 Å². The van der Waals surface area contributed by atoms with Crippen LogP contribution in [0.3, 0.4) is 0 Å². The van der Waals surface area contributed by atoms with Crippen molar-refractivity contribution in [3.05, 3.63) is 131 Å². The van der Waals surface area contributed by atoms with E-state index in [-0.39, 0.29) is 17.2 Å². The quantitative estimate of drug-likeness (QED) is 0.219. The minimum absolute atomic E-state index is 0.162. The number of carbonyl (C=O) groups excluding carboxylic acids is 3. The van der Waals surface area contributed by atoms with E-state index in [0.717, 1.165) is 32.6 Å². The van der Waals surface area contributed by atoms with E-state index in [1.165, 1.54) is 29.8 Å². The Labute approximate surface area is 247 Å². The molecule has 3 heterocycles. The highest BCUT2D eigenvalue weighted by atomic mass is 19.1. The van der Waals surface area contributed by atoms with Crippen LogP contribution in [0, 0.1) is 5.82 Å². The van der Waals surface area contributed by atoms with Crippen molar-refractivity contribution in [2.45, 2.75) is 38.3 Å². The number of halogens is 1. The molecule has 0 spiro atoms. The zero-order valence-electron chi connectivity index (χ0n) is 23.7. The average Bonchev–Trinajstić information content (AvgIpc) is 3.51. The zero-order valence-corrected chi connectivity index (χ0v) is 23.7. The summed E-state index contributed by atoms with van der Waals surface area (Å²) in [6.07, 6.45) is 0.352. The van der Waals surface area contributed by atoms with Gasteiger partial charge in [0.25, 0.3) is 11.8 Å². The van der Waals surface area contributed by atoms with E-state index in [1.54, 1.807) is 29.2 Å². The highest BCUT2D eigenvalue weighted by Gasteiger charge is 2.53. The van der Waals surface area contributed by atoms with E-state index >= 15 is 0 Å². The molecule has 1 fully saturated rings. The summed E-state index contributed by atoms with van der Waals surface area (Å²) < 4.78 is 13.4. The summed E-state index contributed by atoms with van der Waals surface area (Å²) in [5.41, 5.74) is 5.70. The number of hydrogen-bond donors (Lipinski definition) is 2. The van der Waals surface area contributed by atoms with Crippen molar-refractivity contribution in [3.63, 3.8) is 0 Å². The highest BCUT2D eigenvalue weighted by molar-refractivity contribution is 6.24. The Bertz CT molecular complexity index is 1900. The third-order valence-electron chi connectivity index (χ3n) is 8.46. The van der Waals surface area contributed by atoms with Crippen LogP contribution in [0.4, 0.5) is 20.6 Å². The van der Waals surface area contributed by atoms with Crippen LogP contribution < -0.4 is 10.2 Å². The number of imide groups is 1. The molecule has 43 heavy (non-hydrogen) atoms. The second kappa shape index (κ2) is 10.2. The Balaban J connectivity index is 1.31. The Hall–Kier alpha value is -5.24. The standard InChI is InChI=1S/C35H29FN4O3/c1-20(2)21-11-13-22(14-12-21)32-31-27(25-7-3-5-9-28(25)38-31)19-30-34(42)40(35(43)39(30)32)29-10-6-4-8-26(29)33(41)37-24-17-15-23(36)16-18-24/h3-18,20,30,32,38H,19H2,1-2H3,(H,37,41). The molecule has 0 saturated carbocycles. The van der Waals surface area contributed by atoms with Crippen LogP contribution in [0.25, 0.3) is 10.9 Å². The molecule has 1 saturated heterocycles. The number of urea groups is 1. The number of para-hydroxylation sites is 2. The SMILES string of the molecule is CC(C)c1ccc(C2c3[nH]c4ccccc4c3CC3C(=O)N(c4ccccc4C(=O)Nc4ccc(F)cc4)C(=O)N32)cc1. The second-order valence-electron chi connectivity index (χ2n) is 11.3. The van der Waals surface area contributed by atoms with Crippen LogP contribution in [-0.2, 0) is 11.2 Å². The first-order valence-electron chi connectivity index (χ1n) is 14.3. The van der Waals surface area contributed by atoms with Gasteiger partial charge in [0, 0.05) is 28.7 Å². The van der Waals surface area contributed by atoms with Gasteiger partial charge in [0.1, 0.15) is 17.9 Å². The van der Waals surface area contributed by atoms with Gasteiger partial charge < -0.3 is 10.3 Å². The summed E-state index contributed by atoms with van der Waals surface area (Å²) in [6, 6.07) is 26.4. The third-order valence-corrected chi connectivity index (χ3v) is 8.46. The fraction of sp³-hybridized carbons (Fsp3) is 0.171. The van der Waals surface area contributed by atoms with Gasteiger partial charge in [-0.25, -0.2) is 14.1 Å². The fourth-order valence-electron chi connectivity index (χ4n) is 6.30. The molecule has 0 aliphatic carbocycles. The first-order chi connectivity index (χ1) is 20.8. The van der Waals surface area contributed by atoms with Gasteiger partial charge in [0.2, 0.25) is 0 Å². The number of H-pyrrole nitrogens is 1. The maximum atomic E-state index is 14.3. The second-order valence-corrected chi connectivity index (χ2v) is 11.3. The normalized spacial score (nSPS) is 17.9. The van der Waals surface area contributed by atoms with Crippen molar-refractivity contribution in [3.8, 4) is 0 Å². The van der Waals surface area contributed by atoms with Gasteiger partial charge in [0.05, 0.1) is 11.3 Å². The molecule has 2 atom stereocenters. The van der Waals surface area contributed by atoms with E-state index in [1.807, 2.05) is 36.4 Å². The van der Waals surface area contributed by atoms with E-state index < -0.39 is 29.8 Å². The molecular formula is C35H29FN4O3. The lowest BCUT2D eigenvalue weighted by Gasteiger charge is -2.36. The predicted octanol–water partition coefficient (Wildman–Crippen LogP) is 7.17. The highest BCUT2D eigenvalue weighted by Crippen LogP contribution is 2.45. The lowest BCUT2D eigenvalue weighted by atomic mass is 9.88. The molecular weight excluding hydrogens is 543 g/mol. The minimum Gasteiger partial charge on any atom is -0.356 e. The van der Waals surface area contributed by atoms with Crippen molar-refractivity contribution in [1.82, 2.24) is 9.88 Å². The Kier molecular flexibility index (Phi) is 6.34. The Morgan fingerprint density at radius 1 is 0.907 bits per heavy atom. The summed E-state index contributed by atoms with van der Waals surface area (Å²) in [5.74, 6) is -0.967. The fourth-order valence-corrected chi connectivity index (χ4v) is 6.30. The summed E-state index contributed by atoms with van der Waals surface area (Å²) in [5, 5.41) is 3.77. The number of anilines is 2. The van der Waals surface area contributed by atoms with E-state index in [0.29, 0.717) is 18.0 Å². The van der Waals surface area contributed by atoms with Crippen LogP contribution >= 0.6 is 0 Å². The Morgan fingerprint density at radius 3 is 2.35 bits per heavy atom. The molecule has 2 aliphatic rings. The zero-order chi connectivity index (χ0) is 29.8. The lowest BCUT2D eigenvalue weighted by molar-refractivity contribution is -0.120. The van der Waals surface area contributed by atoms with Crippen molar-refractivity contribution >= 4 is 40.1 Å². The van der Waals surface area contributed by atoms with E-state index in [9.17, 15) is 18.8 Å². The van der Waals surface area contributed by atoms with Crippen LogP contribution in [0.1, 0.15) is 58.5 Å². The molecule has 2 N–H and O–H groups in total. The molecule has 8 heteroatoms. The summed E-state index contributed by atoms with van der Waals surface area (Å²) in [6.45, 7) is 4.26. The number of amides is 4. The molecule has 5 aromatic rings. The Morgan fingerprint density at radius 2 is 1.60 bits per heavy atom. The van der Waals surface area contributed by atoms with Gasteiger partial charge >= 0.3 is 6.03 Å². The summed E-state index contributed by atoms with van der Waals surface area (Å²) in [7, 11) is 0. The van der Waals surface area contributed by atoms with Crippen molar-refractivity contribution < 1.29 is 18.8 Å². The maximum Gasteiger partial charge on any atom is 0.332 e. The number of fused-ring (bicyclic) bond motifs is 4. The van der Waals surface area contributed by atoms with Gasteiger partial charge in [0.15, 0.2) is 0 Å². The molecule has 214 valence electrons. The van der Waals surface area contributed by atoms with E-state index in [2.05, 4.69) is 36.3 Å². The van der Waals surface area contributed by atoms with Crippen LogP contribution in [0.15, 0.2) is 97.1 Å². The molecule has 2 aliphatic heterocycles. The smallest absolute Gasteiger partial charge is 0.332 e. The summed E-state index contributed by atoms with van der Waals surface area (Å²) >= 11 is 0. The number of nitrogens with zero attached hydrogens (tertiary/aromatic N) is 2. The van der Waals surface area contributed by atoms with Crippen LogP contribution in [-0.4, -0.2) is 33.8 Å². The molecule has 1 aromatic heterocycles. The van der Waals surface area contributed by atoms with Crippen LogP contribution in [0.5, 0.6) is 0 Å². The largest absolute Gasteiger partial charge is 0.356 e. The topological polar surface area (TPSA) is 85.5 Å². The minimum atomic E-state index is -0.748. The molecule has 4 amide bonds. The van der Waals surface area contributed by atoms with Gasteiger partial charge in [-0.1, -0.05) is 68.4 Å². The monoisotopic (exact) mass is 572 g/mol. The van der Waals surface area contributed by atoms with Gasteiger partial charge in [-0.05, 0) is 65.1 Å². The summed E-state index contributed by atoms with van der Waals surface area (Å²) in [4.78, 5) is 48.3. The number of nitrogens with one attached hydrogen (secondary N) is 2. The lowest BCUT2D eigenvalue weighted by Crippen LogP contribution is -2.44. The molecule has 4 aromatic carbocycles. The number of rotatable bonds is 5. The van der Waals surface area contributed by atoms with Crippen molar-refractivity contribution in [2.75, 3.05) is 10.2 Å². The average molecular weight is 573 g/mol. The first-order valence-corrected chi connectivity index (χ1v) is 14.3. The third kappa shape index (κ3) is 4.37. The van der Waals surface area contributed by atoms with Crippen molar-refractivity contribution in [1.29, 1.82) is 0 Å². The molecule has 2 unspecified atom stereocenters. The van der Waals surface area contributed by atoms with E-state index in [4.69, 9.17) is 0 Å². The number of benzene rings is 4. The van der Waals surface area contributed by atoms with Crippen molar-refractivity contribution in [2.24, 2.45) is 0 Å². The predicted molar refractivity (Wildman–Crippen MR) is 164 cm³/mol. The molecule has 0 radical (unpaired) electrons. The number of aromatic amines is 1.